The molecule has 0 radical (unpaired) electrons. The molecule has 0 aromatic heterocycles. The fraction of sp³-hybridized carbons (Fsp3) is 0.590. The topological polar surface area (TPSA) is 105 Å². The van der Waals surface area contributed by atoms with Crippen molar-refractivity contribution < 1.29 is 27.5 Å². The number of nitrogens with one attached hydrogen (secondary N) is 1. The summed E-state index contributed by atoms with van der Waals surface area (Å²) in [5.74, 6) is -0.165. The Balaban J connectivity index is 1.35. The van der Waals surface area contributed by atoms with Gasteiger partial charge in [0.05, 0.1) is 29.6 Å². The van der Waals surface area contributed by atoms with Crippen LogP contribution in [0.5, 0.6) is 5.75 Å². The Morgan fingerprint density at radius 1 is 1.10 bits per heavy atom. The summed E-state index contributed by atoms with van der Waals surface area (Å²) in [7, 11) is -2.29. The first kappa shape index (κ1) is 35.3. The minimum absolute atomic E-state index is 0.0262. The SMILES string of the molecule is CO[C@@]1(CC(=O)N2CCC2)/C=C/C[C@H](C)[C@@H](C)S(=O)(=O)NC(=O)c2ccc3c(c2)N(CC2(C)CC[C@H]21)C[C@@]1(CCCc2cc(Cl)ccc21)CO3. The number of likely N-dealkylation sites (tertiary alicyclic amines) is 1. The van der Waals surface area contributed by atoms with Gasteiger partial charge in [-0.25, -0.2) is 13.1 Å². The van der Waals surface area contributed by atoms with Crippen molar-refractivity contribution in [1.82, 2.24) is 9.62 Å². The van der Waals surface area contributed by atoms with E-state index in [1.165, 1.54) is 11.1 Å². The lowest BCUT2D eigenvalue weighted by atomic mass is 9.53. The van der Waals surface area contributed by atoms with Gasteiger partial charge in [0.1, 0.15) is 5.75 Å². The summed E-state index contributed by atoms with van der Waals surface area (Å²) >= 11 is 6.48. The number of amides is 2. The Morgan fingerprint density at radius 3 is 2.60 bits per heavy atom. The van der Waals surface area contributed by atoms with Crippen LogP contribution in [0.15, 0.2) is 48.6 Å². The van der Waals surface area contributed by atoms with Crippen LogP contribution in [0.1, 0.15) is 87.2 Å². The van der Waals surface area contributed by atoms with Crippen molar-refractivity contribution in [2.45, 2.75) is 88.4 Å². The second-order valence-electron chi connectivity index (χ2n) is 15.9. The molecule has 1 saturated carbocycles. The number of halogens is 1. The molecule has 2 aromatic carbocycles. The van der Waals surface area contributed by atoms with Gasteiger partial charge in [0, 0.05) is 49.3 Å². The standard InChI is InChI=1S/C39H50ClN3O6S/c1-26-8-5-16-39(48-4,22-35(44)42-18-7-19-42)34-14-17-37(34,3)23-43-24-38(15-6-9-28-20-30(40)11-12-31(28)38)25-49-33-13-10-29(21-32(33)43)36(45)41-50(46,47)27(26)2/h5,10-13,16,20-21,26-27,34H,6-9,14-15,17-19,22-25H2,1-4H3,(H,41,45)/b16-5+/t26-,27+,34+,37?,38-,39+/m0/s1. The molecule has 2 aliphatic carbocycles. The number of sulfonamides is 1. The molecule has 1 saturated heterocycles. The number of hydrogen-bond acceptors (Lipinski definition) is 7. The summed E-state index contributed by atoms with van der Waals surface area (Å²) in [5.41, 5.74) is 2.09. The van der Waals surface area contributed by atoms with Crippen molar-refractivity contribution in [2.75, 3.05) is 44.8 Å². The Bertz CT molecular complexity index is 1810. The van der Waals surface area contributed by atoms with E-state index in [4.69, 9.17) is 21.1 Å². The summed E-state index contributed by atoms with van der Waals surface area (Å²) in [6.45, 7) is 9.12. The average Bonchev–Trinajstić information content (AvgIpc) is 3.18. The molecule has 1 spiro atoms. The molecule has 50 heavy (non-hydrogen) atoms. The summed E-state index contributed by atoms with van der Waals surface area (Å²) < 4.78 is 42.5. The van der Waals surface area contributed by atoms with Crippen molar-refractivity contribution in [3.63, 3.8) is 0 Å². The molecule has 1 N–H and O–H groups in total. The second-order valence-corrected chi connectivity index (χ2v) is 18.3. The second kappa shape index (κ2) is 13.2. The zero-order valence-electron chi connectivity index (χ0n) is 29.7. The van der Waals surface area contributed by atoms with E-state index in [1.54, 1.807) is 32.2 Å². The van der Waals surface area contributed by atoms with Gasteiger partial charge in [-0.3, -0.25) is 9.59 Å². The molecule has 1 unspecified atom stereocenters. The van der Waals surface area contributed by atoms with Crippen LogP contribution in [0.2, 0.25) is 5.02 Å². The van der Waals surface area contributed by atoms with Crippen LogP contribution in [0, 0.1) is 17.3 Å². The number of aryl methyl sites for hydroxylation is 1. The number of anilines is 1. The summed E-state index contributed by atoms with van der Waals surface area (Å²) in [5, 5.41) is -0.113. The third-order valence-electron chi connectivity index (χ3n) is 12.7. The average molecular weight is 724 g/mol. The number of benzene rings is 2. The van der Waals surface area contributed by atoms with Crippen LogP contribution < -0.4 is 14.4 Å². The van der Waals surface area contributed by atoms with E-state index in [0.717, 1.165) is 62.3 Å². The van der Waals surface area contributed by atoms with Gasteiger partial charge in [-0.2, -0.15) is 0 Å². The third-order valence-corrected chi connectivity index (χ3v) is 14.9. The normalized spacial score (nSPS) is 34.2. The molecule has 5 aliphatic rings. The Kier molecular flexibility index (Phi) is 9.30. The zero-order chi connectivity index (χ0) is 35.5. The first-order chi connectivity index (χ1) is 23.8. The highest BCUT2D eigenvalue weighted by molar-refractivity contribution is 7.90. The highest BCUT2D eigenvalue weighted by Gasteiger charge is 2.56. The Morgan fingerprint density at radius 2 is 1.90 bits per heavy atom. The fourth-order valence-corrected chi connectivity index (χ4v) is 10.7. The molecule has 3 heterocycles. The number of ether oxygens (including phenoxy) is 2. The Labute approximate surface area is 301 Å². The first-order valence-electron chi connectivity index (χ1n) is 18.2. The number of nitrogens with zero attached hydrogens (tertiary/aromatic N) is 2. The van der Waals surface area contributed by atoms with Gasteiger partial charge in [-0.15, -0.1) is 0 Å². The maximum absolute atomic E-state index is 13.7. The van der Waals surface area contributed by atoms with Crippen molar-refractivity contribution in [3.05, 3.63) is 70.3 Å². The molecule has 9 nitrogen and oxygen atoms in total. The third kappa shape index (κ3) is 6.23. The van der Waals surface area contributed by atoms with Crippen LogP contribution >= 0.6 is 11.6 Å². The van der Waals surface area contributed by atoms with E-state index >= 15 is 0 Å². The predicted octanol–water partition coefficient (Wildman–Crippen LogP) is 6.28. The molecule has 11 heteroatoms. The van der Waals surface area contributed by atoms with Crippen LogP contribution in [0.25, 0.3) is 0 Å². The van der Waals surface area contributed by atoms with Gasteiger partial charge >= 0.3 is 0 Å². The summed E-state index contributed by atoms with van der Waals surface area (Å²) in [6.07, 6.45) is 10.5. The molecule has 7 rings (SSSR count). The van der Waals surface area contributed by atoms with Crippen LogP contribution in [-0.2, 0) is 31.4 Å². The first-order valence-corrected chi connectivity index (χ1v) is 20.1. The quantitative estimate of drug-likeness (QED) is 0.372. The smallest absolute Gasteiger partial charge is 0.264 e. The number of fused-ring (bicyclic) bond motifs is 4. The maximum atomic E-state index is 13.7. The van der Waals surface area contributed by atoms with Gasteiger partial charge in [-0.05, 0) is 111 Å². The van der Waals surface area contributed by atoms with E-state index in [1.807, 2.05) is 30.0 Å². The molecule has 2 aromatic rings. The van der Waals surface area contributed by atoms with Crippen molar-refractivity contribution in [3.8, 4) is 5.75 Å². The lowest BCUT2D eigenvalue weighted by molar-refractivity contribution is -0.153. The van der Waals surface area contributed by atoms with Crippen LogP contribution in [0.4, 0.5) is 5.69 Å². The zero-order valence-corrected chi connectivity index (χ0v) is 31.2. The number of carbonyl (C=O) groups is 2. The van der Waals surface area contributed by atoms with Crippen LogP contribution in [0.3, 0.4) is 0 Å². The van der Waals surface area contributed by atoms with Crippen molar-refractivity contribution in [1.29, 1.82) is 0 Å². The fourth-order valence-electron chi connectivity index (χ4n) is 9.23. The monoisotopic (exact) mass is 723 g/mol. The molecule has 2 bridgehead atoms. The van der Waals surface area contributed by atoms with Gasteiger partial charge in [0.25, 0.3) is 5.91 Å². The van der Waals surface area contributed by atoms with Gasteiger partial charge in [0.2, 0.25) is 15.9 Å². The molecule has 3 aliphatic heterocycles. The number of carbonyl (C=O) groups excluding carboxylic acids is 2. The van der Waals surface area contributed by atoms with E-state index in [0.29, 0.717) is 31.9 Å². The molecular formula is C39H50ClN3O6S. The number of rotatable bonds is 3. The summed E-state index contributed by atoms with van der Waals surface area (Å²) in [6, 6.07) is 11.4. The number of hydrogen-bond donors (Lipinski definition) is 1. The maximum Gasteiger partial charge on any atom is 0.264 e. The minimum atomic E-state index is -4.00. The van der Waals surface area contributed by atoms with E-state index < -0.39 is 26.8 Å². The molecule has 270 valence electrons. The Hall–Kier alpha value is -3.08. The van der Waals surface area contributed by atoms with Gasteiger partial charge < -0.3 is 19.3 Å². The van der Waals surface area contributed by atoms with Crippen molar-refractivity contribution in [2.24, 2.45) is 17.3 Å². The van der Waals surface area contributed by atoms with E-state index in [2.05, 4.69) is 28.7 Å². The van der Waals surface area contributed by atoms with Gasteiger partial charge in [0.15, 0.2) is 0 Å². The van der Waals surface area contributed by atoms with E-state index in [9.17, 15) is 18.0 Å². The minimum Gasteiger partial charge on any atom is -0.490 e. The van der Waals surface area contributed by atoms with E-state index in [-0.39, 0.29) is 40.6 Å². The largest absolute Gasteiger partial charge is 0.490 e. The van der Waals surface area contributed by atoms with Gasteiger partial charge in [-0.1, -0.05) is 43.7 Å². The molecular weight excluding hydrogens is 674 g/mol. The highest BCUT2D eigenvalue weighted by atomic mass is 35.5. The number of methoxy groups -OCH3 is 1. The molecule has 6 atom stereocenters. The lowest BCUT2D eigenvalue weighted by Crippen LogP contribution is -2.60. The number of allylic oxidation sites excluding steroid dienone is 1. The predicted molar refractivity (Wildman–Crippen MR) is 195 cm³/mol. The summed E-state index contributed by atoms with van der Waals surface area (Å²) in [4.78, 5) is 31.5. The van der Waals surface area contributed by atoms with Crippen LogP contribution in [-0.4, -0.2) is 75.9 Å². The highest BCUT2D eigenvalue weighted by Crippen LogP contribution is 2.56. The molecule has 2 amide bonds. The lowest BCUT2D eigenvalue weighted by Gasteiger charge is -2.57. The van der Waals surface area contributed by atoms with Crippen molar-refractivity contribution >= 4 is 39.1 Å². The molecule has 2 fully saturated rings.